The van der Waals surface area contributed by atoms with Crippen LogP contribution in [0.4, 0.5) is 13.2 Å². The Balaban J connectivity index is 1.57. The lowest BCUT2D eigenvalue weighted by atomic mass is 9.95. The Labute approximate surface area is 154 Å². The van der Waals surface area contributed by atoms with Crippen molar-refractivity contribution in [3.05, 3.63) is 35.7 Å². The molecule has 1 aromatic carbocycles. The molecule has 0 amide bonds. The molecule has 0 saturated carbocycles. The maximum Gasteiger partial charge on any atom is 0.470 e. The van der Waals surface area contributed by atoms with E-state index in [4.69, 9.17) is 4.74 Å². The quantitative estimate of drug-likeness (QED) is 0.770. The summed E-state index contributed by atoms with van der Waals surface area (Å²) >= 11 is 0. The lowest BCUT2D eigenvalue weighted by Crippen LogP contribution is -2.34. The van der Waals surface area contributed by atoms with E-state index in [1.807, 2.05) is 11.9 Å². The summed E-state index contributed by atoms with van der Waals surface area (Å²) in [5.74, 6) is -1.08. The minimum atomic E-state index is -4.66. The average Bonchev–Trinajstić information content (AvgIpc) is 3.14. The topological polar surface area (TPSA) is 71.6 Å². The zero-order valence-electron chi connectivity index (χ0n) is 14.9. The molecule has 1 atom stereocenters. The first-order valence-corrected chi connectivity index (χ1v) is 8.79. The average molecular weight is 385 g/mol. The first-order valence-electron chi connectivity index (χ1n) is 8.79. The van der Waals surface area contributed by atoms with Crippen molar-refractivity contribution in [2.24, 2.45) is 5.92 Å². The number of aromatic nitrogens is 2. The van der Waals surface area contributed by atoms with Crippen LogP contribution in [0.1, 0.15) is 30.7 Å². The summed E-state index contributed by atoms with van der Waals surface area (Å²) in [6.45, 7) is 2.00. The number of hydrogen-bond acceptors (Lipinski definition) is 6. The van der Waals surface area contributed by atoms with Gasteiger partial charge >= 0.3 is 12.1 Å². The Morgan fingerprint density at radius 1 is 1.19 bits per heavy atom. The van der Waals surface area contributed by atoms with Crippen molar-refractivity contribution in [3.8, 4) is 11.5 Å². The molecule has 9 heteroatoms. The van der Waals surface area contributed by atoms with Gasteiger partial charge in [-0.15, -0.1) is 10.2 Å². The number of benzene rings is 1. The monoisotopic (exact) mass is 385 g/mol. The fourth-order valence-corrected chi connectivity index (χ4v) is 3.06. The van der Waals surface area contributed by atoms with Crippen LogP contribution in [0.15, 0.2) is 28.7 Å². The van der Waals surface area contributed by atoms with E-state index in [9.17, 15) is 18.3 Å². The molecular formula is C18H22F3N3O3. The number of halogens is 3. The predicted molar refractivity (Wildman–Crippen MR) is 90.4 cm³/mol. The predicted octanol–water partition coefficient (Wildman–Crippen LogP) is 3.32. The Morgan fingerprint density at radius 2 is 1.85 bits per heavy atom. The summed E-state index contributed by atoms with van der Waals surface area (Å²) in [6.07, 6.45) is -2.60. The zero-order chi connectivity index (χ0) is 19.4. The summed E-state index contributed by atoms with van der Waals surface area (Å²) in [6, 6.07) is 6.79. The number of rotatable bonds is 6. The second-order valence-electron chi connectivity index (χ2n) is 6.79. The molecule has 2 heterocycles. The van der Waals surface area contributed by atoms with Gasteiger partial charge in [0.1, 0.15) is 6.23 Å². The van der Waals surface area contributed by atoms with Crippen molar-refractivity contribution in [2.75, 3.05) is 20.3 Å². The van der Waals surface area contributed by atoms with Gasteiger partial charge in [0.05, 0.1) is 0 Å². The molecule has 0 spiro atoms. The highest BCUT2D eigenvalue weighted by molar-refractivity contribution is 5.53. The molecule has 0 aliphatic carbocycles. The van der Waals surface area contributed by atoms with Crippen molar-refractivity contribution in [2.45, 2.75) is 38.2 Å². The third-order valence-corrected chi connectivity index (χ3v) is 4.69. The number of hydrogen-bond donors (Lipinski definition) is 1. The van der Waals surface area contributed by atoms with Crippen LogP contribution in [0.5, 0.6) is 0 Å². The first kappa shape index (κ1) is 19.8. The van der Waals surface area contributed by atoms with Crippen molar-refractivity contribution in [1.29, 1.82) is 0 Å². The van der Waals surface area contributed by atoms with E-state index in [0.717, 1.165) is 31.6 Å². The number of aliphatic hydroxyl groups is 1. The molecule has 6 nitrogen and oxygen atoms in total. The van der Waals surface area contributed by atoms with E-state index in [2.05, 4.69) is 14.6 Å². The molecule has 27 heavy (non-hydrogen) atoms. The number of alkyl halides is 3. The molecular weight excluding hydrogens is 363 g/mol. The second kappa shape index (κ2) is 8.37. The van der Waals surface area contributed by atoms with Crippen LogP contribution in [0.2, 0.25) is 0 Å². The third kappa shape index (κ3) is 5.27. The lowest BCUT2D eigenvalue weighted by molar-refractivity contribution is -0.156. The first-order chi connectivity index (χ1) is 12.8. The Hall–Kier alpha value is -1.97. The van der Waals surface area contributed by atoms with Crippen molar-refractivity contribution < 1.29 is 27.4 Å². The minimum absolute atomic E-state index is 0.179. The van der Waals surface area contributed by atoms with E-state index in [1.54, 1.807) is 24.3 Å². The van der Waals surface area contributed by atoms with Crippen LogP contribution in [-0.4, -0.2) is 46.7 Å². The number of ether oxygens (including phenoxy) is 1. The Bertz CT molecular complexity index is 727. The largest absolute Gasteiger partial charge is 0.470 e. The van der Waals surface area contributed by atoms with Gasteiger partial charge in [-0.1, -0.05) is 12.1 Å². The molecule has 3 rings (SSSR count). The van der Waals surface area contributed by atoms with Crippen molar-refractivity contribution in [1.82, 2.24) is 15.1 Å². The highest BCUT2D eigenvalue weighted by atomic mass is 19.4. The Kier molecular flexibility index (Phi) is 6.13. The summed E-state index contributed by atoms with van der Waals surface area (Å²) in [7, 11) is 1.84. The van der Waals surface area contributed by atoms with E-state index in [0.29, 0.717) is 24.4 Å². The van der Waals surface area contributed by atoms with Crippen LogP contribution in [0.25, 0.3) is 11.5 Å². The maximum atomic E-state index is 12.5. The fourth-order valence-electron chi connectivity index (χ4n) is 3.06. The highest BCUT2D eigenvalue weighted by Crippen LogP contribution is 2.30. The molecule has 1 aromatic heterocycles. The van der Waals surface area contributed by atoms with Crippen LogP contribution in [-0.2, 0) is 17.5 Å². The molecule has 1 N–H and O–H groups in total. The van der Waals surface area contributed by atoms with E-state index in [-0.39, 0.29) is 5.89 Å². The van der Waals surface area contributed by atoms with Crippen LogP contribution >= 0.6 is 0 Å². The highest BCUT2D eigenvalue weighted by Gasteiger charge is 2.38. The van der Waals surface area contributed by atoms with Gasteiger partial charge in [0.2, 0.25) is 5.89 Å². The van der Waals surface area contributed by atoms with Crippen LogP contribution < -0.4 is 0 Å². The molecule has 2 aromatic rings. The van der Waals surface area contributed by atoms with Gasteiger partial charge in [0.15, 0.2) is 0 Å². The minimum Gasteiger partial charge on any atom is -0.413 e. The fraction of sp³-hybridized carbons (Fsp3) is 0.556. The summed E-state index contributed by atoms with van der Waals surface area (Å²) in [5.41, 5.74) is 1.33. The smallest absolute Gasteiger partial charge is 0.413 e. The molecule has 1 fully saturated rings. The molecule has 1 unspecified atom stereocenters. The third-order valence-electron chi connectivity index (χ3n) is 4.69. The van der Waals surface area contributed by atoms with Gasteiger partial charge in [-0.25, -0.2) is 0 Å². The van der Waals surface area contributed by atoms with Gasteiger partial charge < -0.3 is 14.3 Å². The van der Waals surface area contributed by atoms with Gasteiger partial charge in [-0.3, -0.25) is 4.90 Å². The van der Waals surface area contributed by atoms with E-state index >= 15 is 0 Å². The van der Waals surface area contributed by atoms with Crippen molar-refractivity contribution in [3.63, 3.8) is 0 Å². The standard InChI is InChI=1S/C18H22F3N3O3/c1-24(15(25)10-12-6-8-26-9-7-12)11-13-2-4-14(5-3-13)16-22-23-17(27-16)18(19,20)21/h2-5,12,15,25H,6-11H2,1H3. The number of aliphatic hydroxyl groups excluding tert-OH is 1. The summed E-state index contributed by atoms with van der Waals surface area (Å²) in [5, 5.41) is 16.8. The molecule has 0 bridgehead atoms. The molecule has 1 aliphatic heterocycles. The molecule has 0 radical (unpaired) electrons. The second-order valence-corrected chi connectivity index (χ2v) is 6.79. The van der Waals surface area contributed by atoms with Crippen molar-refractivity contribution >= 4 is 0 Å². The molecule has 1 saturated heterocycles. The number of nitrogens with zero attached hydrogens (tertiary/aromatic N) is 3. The zero-order valence-corrected chi connectivity index (χ0v) is 14.9. The van der Waals surface area contributed by atoms with Crippen LogP contribution in [0, 0.1) is 5.92 Å². The van der Waals surface area contributed by atoms with E-state index in [1.165, 1.54) is 0 Å². The van der Waals surface area contributed by atoms with Gasteiger partial charge in [-0.2, -0.15) is 13.2 Å². The summed E-state index contributed by atoms with van der Waals surface area (Å²) in [4.78, 5) is 1.85. The summed E-state index contributed by atoms with van der Waals surface area (Å²) < 4.78 is 47.6. The molecule has 1 aliphatic rings. The Morgan fingerprint density at radius 3 is 2.44 bits per heavy atom. The van der Waals surface area contributed by atoms with Gasteiger partial charge in [-0.05, 0) is 49.9 Å². The normalized spacial score (nSPS) is 17.4. The molecule has 148 valence electrons. The van der Waals surface area contributed by atoms with Crippen LogP contribution in [0.3, 0.4) is 0 Å². The van der Waals surface area contributed by atoms with E-state index < -0.39 is 18.3 Å². The lowest BCUT2D eigenvalue weighted by Gasteiger charge is -2.29. The maximum absolute atomic E-state index is 12.5. The SMILES string of the molecule is CN(Cc1ccc(-c2nnc(C(F)(F)F)o2)cc1)C(O)CC1CCOCC1. The van der Waals surface area contributed by atoms with Gasteiger partial charge in [0.25, 0.3) is 0 Å². The van der Waals surface area contributed by atoms with Gasteiger partial charge in [0, 0.05) is 25.3 Å².